The summed E-state index contributed by atoms with van der Waals surface area (Å²) >= 11 is 2.97. The summed E-state index contributed by atoms with van der Waals surface area (Å²) in [6.45, 7) is 0. The number of hydrogen-bond acceptors (Lipinski definition) is 4. The quantitative estimate of drug-likeness (QED) is 0.415. The summed E-state index contributed by atoms with van der Waals surface area (Å²) in [6, 6.07) is -0.859. The molecule has 1 unspecified atom stereocenters. The van der Waals surface area contributed by atoms with E-state index in [1.54, 1.807) is 6.08 Å². The smallest absolute Gasteiger partial charge is 0.250 e. The van der Waals surface area contributed by atoms with Gasteiger partial charge in [-0.05, 0) is 27.2 Å². The third-order valence-electron chi connectivity index (χ3n) is 1.53. The number of nitroso groups, excluding NO2 is 1. The lowest BCUT2D eigenvalue weighted by molar-refractivity contribution is -0.509. The van der Waals surface area contributed by atoms with Gasteiger partial charge in [-0.25, -0.2) is 0 Å². The van der Waals surface area contributed by atoms with Crippen LogP contribution in [0.5, 0.6) is 0 Å². The van der Waals surface area contributed by atoms with Crippen molar-refractivity contribution in [3.8, 4) is 0 Å². The van der Waals surface area contributed by atoms with Crippen molar-refractivity contribution in [3.05, 3.63) is 37.4 Å². The van der Waals surface area contributed by atoms with Gasteiger partial charge >= 0.3 is 0 Å². The molecule has 6 heteroatoms. The Hall–Kier alpha value is -1.04. The highest BCUT2D eigenvalue weighted by Crippen LogP contribution is 2.26. The van der Waals surface area contributed by atoms with E-state index in [0.717, 1.165) is 0 Å². The Kier molecular flexibility index (Phi) is 2.69. The minimum Gasteiger partial charge on any atom is -0.264 e. The zero-order chi connectivity index (χ0) is 9.14. The lowest BCUT2D eigenvalue weighted by Crippen LogP contribution is -2.21. The Bertz CT molecular complexity index is 285. The normalized spacial score (nSPS) is 22.6. The Morgan fingerprint density at radius 1 is 1.75 bits per heavy atom. The minimum atomic E-state index is -0.859. The number of nitrogens with zero attached hydrogens (tertiary/aromatic N) is 2. The third-order valence-corrected chi connectivity index (χ3v) is 2.46. The molecule has 1 aliphatic rings. The second kappa shape index (κ2) is 3.57. The third kappa shape index (κ3) is 1.58. The summed E-state index contributed by atoms with van der Waals surface area (Å²) < 4.78 is 0.255. The van der Waals surface area contributed by atoms with E-state index in [0.29, 0.717) is 6.42 Å². The number of allylic oxidation sites excluding steroid dienone is 1. The fourth-order valence-corrected chi connectivity index (χ4v) is 1.47. The van der Waals surface area contributed by atoms with Gasteiger partial charge in [-0.3, -0.25) is 10.1 Å². The fraction of sp³-hybridized carbons (Fsp3) is 0.333. The topological polar surface area (TPSA) is 72.6 Å². The number of nitro groups is 1. The molecule has 0 aromatic heterocycles. The van der Waals surface area contributed by atoms with E-state index >= 15 is 0 Å². The van der Waals surface area contributed by atoms with Gasteiger partial charge in [0, 0.05) is 11.3 Å². The summed E-state index contributed by atoms with van der Waals surface area (Å²) in [5.41, 5.74) is 0.1000. The molecule has 0 amide bonds. The van der Waals surface area contributed by atoms with Crippen LogP contribution in [0, 0.1) is 15.0 Å². The van der Waals surface area contributed by atoms with E-state index in [-0.39, 0.29) is 10.2 Å². The number of hydrogen-bond donors (Lipinski definition) is 0. The average molecular weight is 233 g/mol. The van der Waals surface area contributed by atoms with E-state index in [9.17, 15) is 15.0 Å². The molecular formula is C6H5BrN2O3. The summed E-state index contributed by atoms with van der Waals surface area (Å²) in [6.07, 6.45) is 3.33. The molecule has 5 nitrogen and oxygen atoms in total. The second-order valence-corrected chi connectivity index (χ2v) is 3.12. The van der Waals surface area contributed by atoms with Crippen LogP contribution in [0.25, 0.3) is 0 Å². The zero-order valence-corrected chi connectivity index (χ0v) is 7.52. The summed E-state index contributed by atoms with van der Waals surface area (Å²) in [5, 5.41) is 13.0. The lowest BCUT2D eigenvalue weighted by atomic mass is 10.1. The molecule has 1 aliphatic carbocycles. The average Bonchev–Trinajstić information content (AvgIpc) is 2.04. The minimum absolute atomic E-state index is 0.1000. The van der Waals surface area contributed by atoms with Crippen LogP contribution in [0.1, 0.15) is 6.42 Å². The Balaban J connectivity index is 2.98. The molecule has 12 heavy (non-hydrogen) atoms. The molecule has 0 saturated heterocycles. The van der Waals surface area contributed by atoms with E-state index in [2.05, 4.69) is 21.1 Å². The van der Waals surface area contributed by atoms with Crippen molar-refractivity contribution in [3.63, 3.8) is 0 Å². The number of halogens is 1. The molecule has 0 aromatic carbocycles. The highest BCUT2D eigenvalue weighted by atomic mass is 79.9. The molecule has 0 bridgehead atoms. The van der Waals surface area contributed by atoms with Crippen molar-refractivity contribution < 1.29 is 4.92 Å². The monoisotopic (exact) mass is 232 g/mol. The SMILES string of the molecule is O=NC1=C(Br)C([N+](=O)[O-])CC=C1. The van der Waals surface area contributed by atoms with Crippen molar-refractivity contribution in [1.82, 2.24) is 0 Å². The summed E-state index contributed by atoms with van der Waals surface area (Å²) in [4.78, 5) is 20.1. The Morgan fingerprint density at radius 3 is 2.92 bits per heavy atom. The molecule has 0 aliphatic heterocycles. The first-order chi connectivity index (χ1) is 5.66. The van der Waals surface area contributed by atoms with Crippen LogP contribution in [-0.2, 0) is 0 Å². The van der Waals surface area contributed by atoms with Crippen LogP contribution in [0.2, 0.25) is 0 Å². The molecule has 0 radical (unpaired) electrons. The molecule has 0 spiro atoms. The molecular weight excluding hydrogens is 228 g/mol. The van der Waals surface area contributed by atoms with E-state index in [4.69, 9.17) is 0 Å². The Morgan fingerprint density at radius 2 is 2.42 bits per heavy atom. The van der Waals surface area contributed by atoms with Crippen LogP contribution < -0.4 is 0 Å². The van der Waals surface area contributed by atoms with Crippen LogP contribution in [0.4, 0.5) is 0 Å². The van der Waals surface area contributed by atoms with Crippen molar-refractivity contribution >= 4 is 15.9 Å². The van der Waals surface area contributed by atoms with Crippen molar-refractivity contribution in [2.75, 3.05) is 0 Å². The molecule has 0 saturated carbocycles. The van der Waals surface area contributed by atoms with Gasteiger partial charge in [-0.2, -0.15) is 0 Å². The van der Waals surface area contributed by atoms with Gasteiger partial charge in [0.1, 0.15) is 5.70 Å². The van der Waals surface area contributed by atoms with Crippen LogP contribution >= 0.6 is 15.9 Å². The van der Waals surface area contributed by atoms with Gasteiger partial charge in [-0.15, -0.1) is 4.91 Å². The summed E-state index contributed by atoms with van der Waals surface area (Å²) in [7, 11) is 0. The molecule has 1 rings (SSSR count). The Labute approximate surface area is 76.4 Å². The van der Waals surface area contributed by atoms with Gasteiger partial charge in [0.2, 0.25) is 6.04 Å². The van der Waals surface area contributed by atoms with Gasteiger partial charge in [-0.1, -0.05) is 6.08 Å². The van der Waals surface area contributed by atoms with Crippen LogP contribution in [-0.4, -0.2) is 11.0 Å². The first-order valence-corrected chi connectivity index (χ1v) is 3.99. The molecule has 0 fully saturated rings. The molecule has 0 aromatic rings. The maximum atomic E-state index is 10.4. The van der Waals surface area contributed by atoms with Gasteiger partial charge < -0.3 is 0 Å². The molecule has 64 valence electrons. The fourth-order valence-electron chi connectivity index (χ4n) is 0.915. The van der Waals surface area contributed by atoms with Crippen LogP contribution in [0.15, 0.2) is 27.5 Å². The highest BCUT2D eigenvalue weighted by Gasteiger charge is 2.27. The highest BCUT2D eigenvalue weighted by molar-refractivity contribution is 9.11. The van der Waals surface area contributed by atoms with Crippen LogP contribution in [0.3, 0.4) is 0 Å². The second-order valence-electron chi connectivity index (χ2n) is 2.26. The van der Waals surface area contributed by atoms with E-state index in [1.165, 1.54) is 6.08 Å². The molecule has 1 atom stereocenters. The standard InChI is InChI=1S/C6H5BrN2O3/c7-6-4(8-10)2-1-3-5(6)9(11)12/h1-2,5H,3H2. The van der Waals surface area contributed by atoms with Crippen molar-refractivity contribution in [2.24, 2.45) is 5.18 Å². The zero-order valence-electron chi connectivity index (χ0n) is 5.94. The largest absolute Gasteiger partial charge is 0.264 e. The summed E-state index contributed by atoms with van der Waals surface area (Å²) in [5.74, 6) is 0. The molecule has 0 heterocycles. The maximum Gasteiger partial charge on any atom is 0.250 e. The van der Waals surface area contributed by atoms with E-state index < -0.39 is 11.0 Å². The van der Waals surface area contributed by atoms with Crippen molar-refractivity contribution in [1.29, 1.82) is 0 Å². The molecule has 0 N–H and O–H groups in total. The lowest BCUT2D eigenvalue weighted by Gasteiger charge is -2.10. The van der Waals surface area contributed by atoms with Gasteiger partial charge in [0.15, 0.2) is 0 Å². The van der Waals surface area contributed by atoms with Crippen molar-refractivity contribution in [2.45, 2.75) is 12.5 Å². The van der Waals surface area contributed by atoms with E-state index in [1.807, 2.05) is 0 Å². The van der Waals surface area contributed by atoms with Gasteiger partial charge in [0.25, 0.3) is 0 Å². The number of rotatable bonds is 2. The van der Waals surface area contributed by atoms with Gasteiger partial charge in [0.05, 0.1) is 4.48 Å². The first kappa shape index (κ1) is 9.05. The first-order valence-electron chi connectivity index (χ1n) is 3.20. The maximum absolute atomic E-state index is 10.4. The predicted octanol–water partition coefficient (Wildman–Crippen LogP) is 1.96. The predicted molar refractivity (Wildman–Crippen MR) is 46.3 cm³/mol.